The maximum Gasteiger partial charge on any atom is 0.236 e. The molecule has 2 rings (SSSR count). The van der Waals surface area contributed by atoms with Crippen LogP contribution in [0, 0.1) is 0 Å². The van der Waals surface area contributed by atoms with E-state index in [2.05, 4.69) is 5.32 Å². The Morgan fingerprint density at radius 3 is 2.73 bits per heavy atom. The predicted octanol–water partition coefficient (Wildman–Crippen LogP) is 3.61. The Bertz CT molecular complexity index is 535. The lowest BCUT2D eigenvalue weighted by atomic mass is 9.64. The van der Waals surface area contributed by atoms with Gasteiger partial charge >= 0.3 is 0 Å². The number of hydrogen-bond acceptors (Lipinski definition) is 3. The average molecular weight is 361 g/mol. The number of amides is 1. The fourth-order valence-corrected chi connectivity index (χ4v) is 3.93. The quantitative estimate of drug-likeness (QED) is 0.780. The molecule has 3 N–H and O–H groups in total. The first-order chi connectivity index (χ1) is 10.5. The summed E-state index contributed by atoms with van der Waals surface area (Å²) in [6.07, 6.45) is 5.90. The summed E-state index contributed by atoms with van der Waals surface area (Å²) < 4.78 is 0. The summed E-state index contributed by atoms with van der Waals surface area (Å²) in [7, 11) is 0. The van der Waals surface area contributed by atoms with Crippen LogP contribution in [-0.4, -0.2) is 30.5 Å². The van der Waals surface area contributed by atoms with E-state index in [1.54, 1.807) is 17.8 Å². The molecule has 1 amide bonds. The molecule has 0 spiro atoms. The molecule has 1 aromatic rings. The van der Waals surface area contributed by atoms with Gasteiger partial charge in [0.2, 0.25) is 5.91 Å². The van der Waals surface area contributed by atoms with Gasteiger partial charge in [0.05, 0.1) is 6.04 Å². The Hall–Kier alpha value is -0.420. The second-order valence-electron chi connectivity index (χ2n) is 5.86. The summed E-state index contributed by atoms with van der Waals surface area (Å²) in [4.78, 5) is 12.1. The molecular weight excluding hydrogens is 339 g/mol. The van der Waals surface area contributed by atoms with Crippen LogP contribution in [0.2, 0.25) is 10.0 Å². The van der Waals surface area contributed by atoms with Crippen molar-refractivity contribution in [2.75, 3.05) is 18.6 Å². The van der Waals surface area contributed by atoms with Gasteiger partial charge in [-0.15, -0.1) is 0 Å². The first kappa shape index (κ1) is 17.9. The summed E-state index contributed by atoms with van der Waals surface area (Å²) in [6.45, 7) is 0.583. The molecule has 1 aliphatic carbocycles. The third kappa shape index (κ3) is 4.10. The molecule has 6 heteroatoms. The van der Waals surface area contributed by atoms with Gasteiger partial charge in [0, 0.05) is 22.0 Å². The number of carbonyl (C=O) groups is 1. The van der Waals surface area contributed by atoms with Crippen LogP contribution in [0.3, 0.4) is 0 Å². The van der Waals surface area contributed by atoms with Crippen molar-refractivity contribution in [2.45, 2.75) is 37.1 Å². The van der Waals surface area contributed by atoms with Gasteiger partial charge in [-0.3, -0.25) is 4.79 Å². The number of nitrogens with two attached hydrogens (primary N) is 1. The molecule has 1 aromatic carbocycles. The second-order valence-corrected chi connectivity index (χ2v) is 7.69. The van der Waals surface area contributed by atoms with Crippen LogP contribution in [-0.2, 0) is 10.2 Å². The topological polar surface area (TPSA) is 55.1 Å². The lowest BCUT2D eigenvalue weighted by molar-refractivity contribution is -0.122. The molecule has 0 aromatic heterocycles. The van der Waals surface area contributed by atoms with Gasteiger partial charge in [-0.05, 0) is 49.0 Å². The van der Waals surface area contributed by atoms with Gasteiger partial charge in [-0.25, -0.2) is 0 Å². The summed E-state index contributed by atoms with van der Waals surface area (Å²) in [5, 5.41) is 4.31. The van der Waals surface area contributed by atoms with Crippen LogP contribution < -0.4 is 11.1 Å². The van der Waals surface area contributed by atoms with Crippen LogP contribution in [0.1, 0.15) is 31.2 Å². The number of rotatable bonds is 7. The van der Waals surface area contributed by atoms with E-state index in [0.717, 1.165) is 30.6 Å². The Balaban J connectivity index is 2.01. The zero-order valence-electron chi connectivity index (χ0n) is 12.7. The van der Waals surface area contributed by atoms with Crippen molar-refractivity contribution in [3.8, 4) is 0 Å². The molecule has 1 unspecified atom stereocenters. The van der Waals surface area contributed by atoms with E-state index in [1.807, 2.05) is 18.4 Å². The molecule has 3 nitrogen and oxygen atoms in total. The van der Waals surface area contributed by atoms with E-state index in [4.69, 9.17) is 28.9 Å². The minimum absolute atomic E-state index is 0.0729. The SMILES string of the molecule is CSCCC(N)C(=O)NCC1(c2ccc(Cl)cc2Cl)CCC1. The normalized spacial score (nSPS) is 17.6. The van der Waals surface area contributed by atoms with Crippen molar-refractivity contribution < 1.29 is 4.79 Å². The highest BCUT2D eigenvalue weighted by atomic mass is 35.5. The van der Waals surface area contributed by atoms with Crippen molar-refractivity contribution in [1.29, 1.82) is 0 Å². The standard InChI is InChI=1S/C16H22Cl2N2OS/c1-22-8-5-14(19)15(21)20-10-16(6-2-7-16)12-4-3-11(17)9-13(12)18/h3-4,9,14H,2,5-8,10,19H2,1H3,(H,20,21). The Labute approximate surface area is 146 Å². The molecule has 22 heavy (non-hydrogen) atoms. The molecule has 0 aliphatic heterocycles. The van der Waals surface area contributed by atoms with E-state index in [1.165, 1.54) is 0 Å². The predicted molar refractivity (Wildman–Crippen MR) is 96.0 cm³/mol. The smallest absolute Gasteiger partial charge is 0.236 e. The van der Waals surface area contributed by atoms with Gasteiger partial charge in [0.25, 0.3) is 0 Å². The molecule has 0 heterocycles. The first-order valence-corrected chi connectivity index (χ1v) is 9.61. The molecule has 1 atom stereocenters. The summed E-state index contributed by atoms with van der Waals surface area (Å²) in [5.74, 6) is 0.813. The molecule has 0 saturated heterocycles. The molecule has 122 valence electrons. The van der Waals surface area contributed by atoms with Gasteiger partial charge in [0.1, 0.15) is 0 Å². The van der Waals surface area contributed by atoms with Crippen molar-refractivity contribution in [3.63, 3.8) is 0 Å². The van der Waals surface area contributed by atoms with Gasteiger partial charge in [-0.2, -0.15) is 11.8 Å². The maximum absolute atomic E-state index is 12.1. The molecular formula is C16H22Cl2N2OS. The van der Waals surface area contributed by atoms with Crippen molar-refractivity contribution >= 4 is 40.9 Å². The van der Waals surface area contributed by atoms with E-state index in [-0.39, 0.29) is 11.3 Å². The zero-order valence-corrected chi connectivity index (χ0v) is 15.0. The van der Waals surface area contributed by atoms with Crippen molar-refractivity contribution in [3.05, 3.63) is 33.8 Å². The Morgan fingerprint density at radius 1 is 1.45 bits per heavy atom. The minimum atomic E-state index is -0.440. The Morgan fingerprint density at radius 2 is 2.18 bits per heavy atom. The lowest BCUT2D eigenvalue weighted by Gasteiger charge is -2.43. The van der Waals surface area contributed by atoms with Gasteiger partial charge in [0.15, 0.2) is 0 Å². The number of hydrogen-bond donors (Lipinski definition) is 2. The molecule has 1 fully saturated rings. The third-order valence-corrected chi connectivity index (χ3v) is 5.58. The highest BCUT2D eigenvalue weighted by molar-refractivity contribution is 7.98. The van der Waals surface area contributed by atoms with E-state index >= 15 is 0 Å². The monoisotopic (exact) mass is 360 g/mol. The largest absolute Gasteiger partial charge is 0.354 e. The number of benzene rings is 1. The number of halogens is 2. The summed E-state index contributed by atoms with van der Waals surface area (Å²) >= 11 is 14.0. The number of carbonyl (C=O) groups excluding carboxylic acids is 1. The first-order valence-electron chi connectivity index (χ1n) is 7.46. The van der Waals surface area contributed by atoms with Crippen molar-refractivity contribution in [1.82, 2.24) is 5.32 Å². The van der Waals surface area contributed by atoms with Gasteiger partial charge < -0.3 is 11.1 Å². The van der Waals surface area contributed by atoms with Crippen LogP contribution in [0.4, 0.5) is 0 Å². The number of nitrogens with one attached hydrogen (secondary N) is 1. The lowest BCUT2D eigenvalue weighted by Crippen LogP contribution is -2.49. The van der Waals surface area contributed by atoms with E-state index in [9.17, 15) is 4.79 Å². The van der Waals surface area contributed by atoms with Gasteiger partial charge in [-0.1, -0.05) is 35.7 Å². The molecule has 1 aliphatic rings. The van der Waals surface area contributed by atoms with Crippen LogP contribution in [0.15, 0.2) is 18.2 Å². The maximum atomic E-state index is 12.1. The zero-order chi connectivity index (χ0) is 16.2. The fourth-order valence-electron chi connectivity index (χ4n) is 2.83. The summed E-state index contributed by atoms with van der Waals surface area (Å²) in [5.41, 5.74) is 6.91. The highest BCUT2D eigenvalue weighted by Gasteiger charge is 2.40. The molecule has 1 saturated carbocycles. The van der Waals surface area contributed by atoms with E-state index < -0.39 is 6.04 Å². The second kappa shape index (κ2) is 7.91. The minimum Gasteiger partial charge on any atom is -0.354 e. The van der Waals surface area contributed by atoms with E-state index in [0.29, 0.717) is 23.0 Å². The highest BCUT2D eigenvalue weighted by Crippen LogP contribution is 2.46. The summed E-state index contributed by atoms with van der Waals surface area (Å²) in [6, 6.07) is 5.16. The van der Waals surface area contributed by atoms with Crippen LogP contribution in [0.25, 0.3) is 0 Å². The van der Waals surface area contributed by atoms with Crippen LogP contribution in [0.5, 0.6) is 0 Å². The Kier molecular flexibility index (Phi) is 6.45. The molecule has 0 radical (unpaired) electrons. The third-order valence-electron chi connectivity index (χ3n) is 4.38. The number of thioether (sulfide) groups is 1. The average Bonchev–Trinajstić information content (AvgIpc) is 2.44. The fraction of sp³-hybridized carbons (Fsp3) is 0.562. The van der Waals surface area contributed by atoms with Crippen molar-refractivity contribution in [2.24, 2.45) is 5.73 Å². The molecule has 0 bridgehead atoms. The van der Waals surface area contributed by atoms with Crippen LogP contribution >= 0.6 is 35.0 Å².